The van der Waals surface area contributed by atoms with Gasteiger partial charge in [-0.2, -0.15) is 0 Å². The largest absolute Gasteiger partial charge is 0.320 e. The highest BCUT2D eigenvalue weighted by Crippen LogP contribution is 2.23. The standard InChI is InChI=1S/C23H19BrN4S2/c1-27-17-7-3-5-9-19(17)29-22(27)25-21(15-11-13-16(24)14-12-15)26-23-28(2)18-8-4-6-10-20(18)30-23/h3-14,21H,1-2H3. The Labute approximate surface area is 190 Å². The van der Waals surface area contributed by atoms with Gasteiger partial charge in [-0.1, -0.05) is 75.0 Å². The van der Waals surface area contributed by atoms with E-state index >= 15 is 0 Å². The van der Waals surface area contributed by atoms with Gasteiger partial charge in [0, 0.05) is 18.6 Å². The quantitative estimate of drug-likeness (QED) is 0.305. The van der Waals surface area contributed by atoms with E-state index in [0.29, 0.717) is 0 Å². The maximum atomic E-state index is 5.09. The first kappa shape index (κ1) is 19.5. The summed E-state index contributed by atoms with van der Waals surface area (Å²) in [6.45, 7) is 0. The number of aromatic nitrogens is 2. The molecule has 3 aromatic carbocycles. The summed E-state index contributed by atoms with van der Waals surface area (Å²) in [5.74, 6) is 0. The van der Waals surface area contributed by atoms with Crippen LogP contribution in [0.15, 0.2) is 87.3 Å². The molecule has 150 valence electrons. The third kappa shape index (κ3) is 3.57. The van der Waals surface area contributed by atoms with E-state index in [1.54, 1.807) is 22.7 Å². The number of rotatable bonds is 3. The van der Waals surface area contributed by atoms with Gasteiger partial charge in [-0.25, -0.2) is 9.98 Å². The van der Waals surface area contributed by atoms with Gasteiger partial charge in [-0.3, -0.25) is 0 Å². The monoisotopic (exact) mass is 494 g/mol. The number of fused-ring (bicyclic) bond motifs is 2. The Morgan fingerprint density at radius 1 is 0.700 bits per heavy atom. The highest BCUT2D eigenvalue weighted by molar-refractivity contribution is 9.10. The molecule has 0 fully saturated rings. The summed E-state index contributed by atoms with van der Waals surface area (Å²) < 4.78 is 7.78. The molecule has 0 atom stereocenters. The maximum Gasteiger partial charge on any atom is 0.187 e. The molecule has 0 spiro atoms. The Morgan fingerprint density at radius 2 is 1.17 bits per heavy atom. The number of hydrogen-bond donors (Lipinski definition) is 0. The van der Waals surface area contributed by atoms with Crippen LogP contribution in [0.5, 0.6) is 0 Å². The lowest BCUT2D eigenvalue weighted by atomic mass is 10.2. The van der Waals surface area contributed by atoms with E-state index in [1.165, 1.54) is 20.4 Å². The second-order valence-electron chi connectivity index (χ2n) is 7.01. The van der Waals surface area contributed by atoms with E-state index in [-0.39, 0.29) is 6.17 Å². The van der Waals surface area contributed by atoms with Crippen molar-refractivity contribution in [1.29, 1.82) is 0 Å². The van der Waals surface area contributed by atoms with Gasteiger partial charge in [0.05, 0.1) is 20.4 Å². The predicted molar refractivity (Wildman–Crippen MR) is 130 cm³/mol. The lowest BCUT2D eigenvalue weighted by Crippen LogP contribution is -2.15. The zero-order valence-corrected chi connectivity index (χ0v) is 19.7. The molecule has 4 nitrogen and oxygen atoms in total. The molecule has 0 aliphatic rings. The third-order valence-electron chi connectivity index (χ3n) is 5.06. The molecular weight excluding hydrogens is 476 g/mol. The zero-order chi connectivity index (χ0) is 20.7. The van der Waals surface area contributed by atoms with Crippen molar-refractivity contribution >= 4 is 59.0 Å². The number of para-hydroxylation sites is 2. The molecule has 0 N–H and O–H groups in total. The lowest BCUT2D eigenvalue weighted by Gasteiger charge is -2.08. The van der Waals surface area contributed by atoms with Crippen LogP contribution in [-0.2, 0) is 14.1 Å². The number of hydrogen-bond acceptors (Lipinski definition) is 4. The average molecular weight is 495 g/mol. The molecule has 0 bridgehead atoms. The molecule has 0 radical (unpaired) electrons. The molecule has 30 heavy (non-hydrogen) atoms. The van der Waals surface area contributed by atoms with Crippen LogP contribution in [-0.4, -0.2) is 9.13 Å². The van der Waals surface area contributed by atoms with Crippen LogP contribution in [0.3, 0.4) is 0 Å². The minimum Gasteiger partial charge on any atom is -0.320 e. The molecule has 0 saturated heterocycles. The summed E-state index contributed by atoms with van der Waals surface area (Å²) in [6, 6.07) is 25.0. The minimum absolute atomic E-state index is 0.323. The van der Waals surface area contributed by atoms with Gasteiger partial charge in [0.15, 0.2) is 15.8 Å². The Bertz CT molecular complexity index is 1390. The van der Waals surface area contributed by atoms with Crippen molar-refractivity contribution in [3.63, 3.8) is 0 Å². The molecule has 2 heterocycles. The van der Waals surface area contributed by atoms with Gasteiger partial charge in [0.25, 0.3) is 0 Å². The lowest BCUT2D eigenvalue weighted by molar-refractivity contribution is 0.693. The van der Waals surface area contributed by atoms with E-state index in [9.17, 15) is 0 Å². The smallest absolute Gasteiger partial charge is 0.187 e. The zero-order valence-electron chi connectivity index (χ0n) is 16.5. The summed E-state index contributed by atoms with van der Waals surface area (Å²) in [4.78, 5) is 12.1. The Kier molecular flexibility index (Phi) is 5.18. The Balaban J connectivity index is 1.74. The fourth-order valence-corrected chi connectivity index (χ4v) is 5.77. The van der Waals surface area contributed by atoms with E-state index in [0.717, 1.165) is 19.6 Å². The van der Waals surface area contributed by atoms with E-state index < -0.39 is 0 Å². The predicted octanol–water partition coefficient (Wildman–Crippen LogP) is 5.76. The van der Waals surface area contributed by atoms with Crippen molar-refractivity contribution in [2.75, 3.05) is 0 Å². The summed E-state index contributed by atoms with van der Waals surface area (Å²) in [6.07, 6.45) is -0.323. The Hall–Kier alpha value is -2.48. The van der Waals surface area contributed by atoms with Crippen LogP contribution in [0, 0.1) is 0 Å². The van der Waals surface area contributed by atoms with E-state index in [1.807, 2.05) is 12.1 Å². The first-order valence-electron chi connectivity index (χ1n) is 9.52. The number of benzene rings is 3. The van der Waals surface area contributed by atoms with Gasteiger partial charge in [-0.05, 0) is 42.0 Å². The molecule has 5 aromatic rings. The molecule has 5 rings (SSSR count). The van der Waals surface area contributed by atoms with Crippen molar-refractivity contribution < 1.29 is 0 Å². The second kappa shape index (κ2) is 7.98. The van der Waals surface area contributed by atoms with Crippen LogP contribution in [0.4, 0.5) is 0 Å². The number of aryl methyl sites for hydroxylation is 2. The van der Waals surface area contributed by atoms with Crippen molar-refractivity contribution in [3.05, 3.63) is 92.4 Å². The minimum atomic E-state index is -0.323. The third-order valence-corrected chi connectivity index (χ3v) is 7.85. The highest BCUT2D eigenvalue weighted by atomic mass is 79.9. The molecular formula is C23H19BrN4S2. The van der Waals surface area contributed by atoms with Crippen LogP contribution >= 0.6 is 38.6 Å². The normalized spacial score (nSPS) is 14.1. The molecule has 0 amide bonds. The van der Waals surface area contributed by atoms with Crippen molar-refractivity contribution in [3.8, 4) is 0 Å². The SMILES string of the molecule is Cn1c(=NC(N=c2sc3ccccc3n2C)c2ccc(Br)cc2)sc2ccccc21. The molecule has 7 heteroatoms. The topological polar surface area (TPSA) is 34.6 Å². The number of nitrogens with zero attached hydrogens (tertiary/aromatic N) is 4. The molecule has 0 unspecified atom stereocenters. The highest BCUT2D eigenvalue weighted by Gasteiger charge is 2.12. The van der Waals surface area contributed by atoms with Gasteiger partial charge in [0.1, 0.15) is 0 Å². The van der Waals surface area contributed by atoms with Gasteiger partial charge >= 0.3 is 0 Å². The van der Waals surface area contributed by atoms with Crippen LogP contribution in [0.25, 0.3) is 20.4 Å². The molecule has 0 aliphatic heterocycles. The first-order chi connectivity index (χ1) is 14.6. The van der Waals surface area contributed by atoms with Crippen LogP contribution in [0.1, 0.15) is 11.7 Å². The van der Waals surface area contributed by atoms with Crippen molar-refractivity contribution in [1.82, 2.24) is 9.13 Å². The van der Waals surface area contributed by atoms with Gasteiger partial charge < -0.3 is 9.13 Å². The van der Waals surface area contributed by atoms with Gasteiger partial charge in [-0.15, -0.1) is 0 Å². The van der Waals surface area contributed by atoms with Crippen LogP contribution in [0.2, 0.25) is 0 Å². The second-order valence-corrected chi connectivity index (χ2v) is 9.94. The number of halogens is 1. The van der Waals surface area contributed by atoms with Crippen molar-refractivity contribution in [2.45, 2.75) is 6.17 Å². The summed E-state index contributed by atoms with van der Waals surface area (Å²) in [7, 11) is 4.13. The molecule has 0 saturated carbocycles. The van der Waals surface area contributed by atoms with Crippen molar-refractivity contribution in [2.24, 2.45) is 24.1 Å². The molecule has 0 aliphatic carbocycles. The summed E-state index contributed by atoms with van der Waals surface area (Å²) in [5.41, 5.74) is 3.43. The molecule has 2 aromatic heterocycles. The summed E-state index contributed by atoms with van der Waals surface area (Å²) >= 11 is 6.92. The van der Waals surface area contributed by atoms with Gasteiger partial charge in [0.2, 0.25) is 0 Å². The fourth-order valence-electron chi connectivity index (χ4n) is 3.43. The average Bonchev–Trinajstić information content (AvgIpc) is 3.25. The first-order valence-corrected chi connectivity index (χ1v) is 11.9. The van der Waals surface area contributed by atoms with E-state index in [2.05, 4.69) is 99.8 Å². The number of thiazole rings is 2. The van der Waals surface area contributed by atoms with Crippen LogP contribution < -0.4 is 9.60 Å². The van der Waals surface area contributed by atoms with E-state index in [4.69, 9.17) is 9.98 Å². The fraction of sp³-hybridized carbons (Fsp3) is 0.130. The Morgan fingerprint density at radius 3 is 1.63 bits per heavy atom. The summed E-state index contributed by atoms with van der Waals surface area (Å²) in [5, 5.41) is 0. The maximum absolute atomic E-state index is 5.09.